The Kier molecular flexibility index (Phi) is 6.75. The quantitative estimate of drug-likeness (QED) is 0.440. The first-order valence-electron chi connectivity index (χ1n) is 5.97. The highest BCUT2D eigenvalue weighted by atomic mass is 19.1. The Bertz CT molecular complexity index is 453. The van der Waals surface area contributed by atoms with Crippen LogP contribution < -0.4 is 10.5 Å². The second-order valence-electron chi connectivity index (χ2n) is 3.82. The Morgan fingerprint density at radius 1 is 1.20 bits per heavy atom. The molecule has 1 aromatic rings. The molecule has 1 aromatic carbocycles. The largest absolute Gasteiger partial charge is 0.488 e. The van der Waals surface area contributed by atoms with Gasteiger partial charge in [0.25, 0.3) is 0 Å². The second kappa shape index (κ2) is 8.34. The van der Waals surface area contributed by atoms with Crippen molar-refractivity contribution >= 4 is 11.7 Å². The number of ether oxygens (including phenoxy) is 4. The van der Waals surface area contributed by atoms with Crippen LogP contribution in [0.2, 0.25) is 0 Å². The maximum atomic E-state index is 13.6. The number of carbonyl (C=O) groups is 1. The molecule has 0 aliphatic carbocycles. The Labute approximate surface area is 116 Å². The average Bonchev–Trinajstić information content (AvgIpc) is 2.43. The predicted octanol–water partition coefficient (Wildman–Crippen LogP) is 1.24. The third-order valence-electron chi connectivity index (χ3n) is 2.43. The summed E-state index contributed by atoms with van der Waals surface area (Å²) in [6.45, 7) is 1.33. The number of halogens is 1. The summed E-state index contributed by atoms with van der Waals surface area (Å²) in [6, 6.07) is 2.24. The van der Waals surface area contributed by atoms with E-state index in [9.17, 15) is 9.18 Å². The molecule has 0 heterocycles. The van der Waals surface area contributed by atoms with Crippen LogP contribution in [0.4, 0.5) is 10.1 Å². The summed E-state index contributed by atoms with van der Waals surface area (Å²) in [6.07, 6.45) is 0. The topological polar surface area (TPSA) is 80.0 Å². The molecule has 0 bridgehead atoms. The summed E-state index contributed by atoms with van der Waals surface area (Å²) in [5.41, 5.74) is 5.60. The fraction of sp³-hybridized carbons (Fsp3) is 0.462. The van der Waals surface area contributed by atoms with Crippen molar-refractivity contribution in [3.8, 4) is 5.75 Å². The summed E-state index contributed by atoms with van der Waals surface area (Å²) in [4.78, 5) is 11.4. The standard InChI is InChI=1S/C13H18FNO5/c1-17-3-4-19-5-6-20-12-7-9(13(16)18-2)11(15)8-10(12)14/h7-8H,3-6,15H2,1-2H3. The third kappa shape index (κ3) is 4.67. The van der Waals surface area contributed by atoms with Gasteiger partial charge in [0, 0.05) is 18.9 Å². The zero-order valence-corrected chi connectivity index (χ0v) is 11.5. The first-order valence-corrected chi connectivity index (χ1v) is 5.97. The molecular formula is C13H18FNO5. The number of anilines is 1. The molecule has 20 heavy (non-hydrogen) atoms. The van der Waals surface area contributed by atoms with Gasteiger partial charge in [0.15, 0.2) is 11.6 Å². The minimum Gasteiger partial charge on any atom is -0.488 e. The normalized spacial score (nSPS) is 10.3. The number of nitrogens with two attached hydrogens (primary N) is 1. The molecule has 1 rings (SSSR count). The van der Waals surface area contributed by atoms with Gasteiger partial charge in [-0.2, -0.15) is 0 Å². The van der Waals surface area contributed by atoms with E-state index in [1.807, 2.05) is 0 Å². The number of rotatable bonds is 8. The van der Waals surface area contributed by atoms with Gasteiger partial charge in [-0.25, -0.2) is 9.18 Å². The van der Waals surface area contributed by atoms with Crippen molar-refractivity contribution in [2.45, 2.75) is 0 Å². The van der Waals surface area contributed by atoms with Crippen LogP contribution in [0.1, 0.15) is 10.4 Å². The number of methoxy groups -OCH3 is 2. The zero-order valence-electron chi connectivity index (χ0n) is 11.5. The third-order valence-corrected chi connectivity index (χ3v) is 2.43. The molecule has 0 saturated heterocycles. The van der Waals surface area contributed by atoms with Crippen LogP contribution in [0.3, 0.4) is 0 Å². The summed E-state index contributed by atoms with van der Waals surface area (Å²) >= 11 is 0. The van der Waals surface area contributed by atoms with Crippen molar-refractivity contribution in [3.63, 3.8) is 0 Å². The van der Waals surface area contributed by atoms with Crippen LogP contribution in [0.15, 0.2) is 12.1 Å². The fourth-order valence-electron chi connectivity index (χ4n) is 1.42. The summed E-state index contributed by atoms with van der Waals surface area (Å²) in [5, 5.41) is 0. The SMILES string of the molecule is COCCOCCOc1cc(C(=O)OC)c(N)cc1F. The lowest BCUT2D eigenvalue weighted by Gasteiger charge is -2.10. The van der Waals surface area contributed by atoms with Gasteiger partial charge in [0.2, 0.25) is 0 Å². The van der Waals surface area contributed by atoms with Gasteiger partial charge in [-0.3, -0.25) is 0 Å². The van der Waals surface area contributed by atoms with Crippen LogP contribution in [0.25, 0.3) is 0 Å². The number of nitrogen functional groups attached to an aromatic ring is 1. The molecule has 7 heteroatoms. The molecule has 0 spiro atoms. The molecule has 0 atom stereocenters. The van der Waals surface area contributed by atoms with Crippen LogP contribution in [0.5, 0.6) is 5.75 Å². The van der Waals surface area contributed by atoms with Gasteiger partial charge in [0.1, 0.15) is 6.61 Å². The maximum Gasteiger partial charge on any atom is 0.340 e. The van der Waals surface area contributed by atoms with E-state index in [4.69, 9.17) is 19.9 Å². The highest BCUT2D eigenvalue weighted by Crippen LogP contribution is 2.24. The number of benzene rings is 1. The molecule has 0 amide bonds. The van der Waals surface area contributed by atoms with Gasteiger partial charge in [-0.05, 0) is 6.07 Å². The van der Waals surface area contributed by atoms with Crippen LogP contribution in [0, 0.1) is 5.82 Å². The van der Waals surface area contributed by atoms with E-state index in [1.54, 1.807) is 7.11 Å². The van der Waals surface area contributed by atoms with E-state index < -0.39 is 11.8 Å². The Balaban J connectivity index is 2.59. The minimum absolute atomic E-state index is 0.00181. The predicted molar refractivity (Wildman–Crippen MR) is 70.3 cm³/mol. The molecule has 0 unspecified atom stereocenters. The maximum absolute atomic E-state index is 13.6. The van der Waals surface area contributed by atoms with Gasteiger partial charge in [-0.1, -0.05) is 0 Å². The van der Waals surface area contributed by atoms with Crippen LogP contribution in [-0.4, -0.2) is 46.6 Å². The van der Waals surface area contributed by atoms with E-state index >= 15 is 0 Å². The zero-order chi connectivity index (χ0) is 15.0. The van der Waals surface area contributed by atoms with Gasteiger partial charge >= 0.3 is 5.97 Å². The molecule has 0 aliphatic heterocycles. The average molecular weight is 287 g/mol. The van der Waals surface area contributed by atoms with Gasteiger partial charge in [0.05, 0.1) is 32.5 Å². The molecule has 112 valence electrons. The number of esters is 1. The highest BCUT2D eigenvalue weighted by molar-refractivity contribution is 5.95. The van der Waals surface area contributed by atoms with E-state index in [0.717, 1.165) is 6.07 Å². The summed E-state index contributed by atoms with van der Waals surface area (Å²) in [5.74, 6) is -1.37. The van der Waals surface area contributed by atoms with Crippen molar-refractivity contribution in [1.82, 2.24) is 0 Å². The molecule has 6 nitrogen and oxygen atoms in total. The number of carbonyl (C=O) groups excluding carboxylic acids is 1. The van der Waals surface area contributed by atoms with E-state index in [2.05, 4.69) is 4.74 Å². The van der Waals surface area contributed by atoms with E-state index in [0.29, 0.717) is 13.2 Å². The van der Waals surface area contributed by atoms with Crippen molar-refractivity contribution < 1.29 is 28.1 Å². The molecule has 0 aliphatic rings. The van der Waals surface area contributed by atoms with E-state index in [1.165, 1.54) is 13.2 Å². The van der Waals surface area contributed by atoms with Crippen LogP contribution in [-0.2, 0) is 14.2 Å². The Morgan fingerprint density at radius 3 is 2.55 bits per heavy atom. The molecule has 0 fully saturated rings. The first-order chi connectivity index (χ1) is 9.60. The van der Waals surface area contributed by atoms with E-state index in [-0.39, 0.29) is 30.2 Å². The van der Waals surface area contributed by atoms with Crippen molar-refractivity contribution in [2.24, 2.45) is 0 Å². The lowest BCUT2D eigenvalue weighted by Crippen LogP contribution is -2.12. The Hall–Kier alpha value is -1.86. The smallest absolute Gasteiger partial charge is 0.340 e. The van der Waals surface area contributed by atoms with Gasteiger partial charge < -0.3 is 24.7 Å². The molecular weight excluding hydrogens is 269 g/mol. The number of hydrogen-bond acceptors (Lipinski definition) is 6. The van der Waals surface area contributed by atoms with Crippen molar-refractivity contribution in [1.29, 1.82) is 0 Å². The second-order valence-corrected chi connectivity index (χ2v) is 3.82. The summed E-state index contributed by atoms with van der Waals surface area (Å²) in [7, 11) is 2.78. The Morgan fingerprint density at radius 2 is 1.90 bits per heavy atom. The molecule has 0 radical (unpaired) electrons. The molecule has 0 aromatic heterocycles. The van der Waals surface area contributed by atoms with Crippen molar-refractivity contribution in [3.05, 3.63) is 23.5 Å². The lowest BCUT2D eigenvalue weighted by molar-refractivity contribution is 0.0536. The summed E-state index contributed by atoms with van der Waals surface area (Å²) < 4.78 is 33.3. The minimum atomic E-state index is -0.649. The van der Waals surface area contributed by atoms with Crippen molar-refractivity contribution in [2.75, 3.05) is 46.4 Å². The van der Waals surface area contributed by atoms with Crippen LogP contribution >= 0.6 is 0 Å². The fourth-order valence-corrected chi connectivity index (χ4v) is 1.42. The molecule has 0 saturated carbocycles. The van der Waals surface area contributed by atoms with Gasteiger partial charge in [-0.15, -0.1) is 0 Å². The number of hydrogen-bond donors (Lipinski definition) is 1. The molecule has 2 N–H and O–H groups in total. The highest BCUT2D eigenvalue weighted by Gasteiger charge is 2.15. The lowest BCUT2D eigenvalue weighted by atomic mass is 10.1. The first kappa shape index (κ1) is 16.2. The monoisotopic (exact) mass is 287 g/mol.